The number of benzene rings is 2. The van der Waals surface area contributed by atoms with Crippen molar-refractivity contribution in [2.45, 2.75) is 46.2 Å². The number of aromatic amines is 1. The Balaban J connectivity index is 1.86. The molecule has 3 rings (SSSR count). The molecule has 1 atom stereocenters. The van der Waals surface area contributed by atoms with Crippen LogP contribution >= 0.6 is 0 Å². The summed E-state index contributed by atoms with van der Waals surface area (Å²) in [6.45, 7) is 9.21. The predicted molar refractivity (Wildman–Crippen MR) is 120 cm³/mol. The monoisotopic (exact) mass is 409 g/mol. The molecule has 1 aromatic heterocycles. The van der Waals surface area contributed by atoms with E-state index in [1.807, 2.05) is 0 Å². The van der Waals surface area contributed by atoms with E-state index in [1.165, 1.54) is 11.1 Å². The van der Waals surface area contributed by atoms with E-state index >= 15 is 0 Å². The number of aromatic nitrogens is 2. The quantitative estimate of drug-likeness (QED) is 0.571. The molecule has 2 N–H and O–H groups in total. The Morgan fingerprint density at radius 1 is 0.967 bits per heavy atom. The number of ether oxygens (including phenoxy) is 2. The number of rotatable bonds is 8. The molecule has 0 unspecified atom stereocenters. The molecule has 0 spiro atoms. The lowest BCUT2D eigenvalue weighted by atomic mass is 9.93. The van der Waals surface area contributed by atoms with Crippen molar-refractivity contribution in [3.63, 3.8) is 0 Å². The standard InChI is InChI=1S/C24H31N3O3/c1-14(2)16-7-9-17(10-8-16)23(15(3)4)25-13-22-26-19-12-21(30-6)20(29-5)11-18(19)24(28)27-22/h7-12,14-15,23,25H,13H2,1-6H3,(H,26,27,28)/t23-/m0/s1. The minimum atomic E-state index is -0.194. The maximum atomic E-state index is 12.6. The molecule has 2 aromatic carbocycles. The number of nitrogens with one attached hydrogen (secondary N) is 2. The molecule has 0 radical (unpaired) electrons. The van der Waals surface area contributed by atoms with Crippen molar-refractivity contribution >= 4 is 10.9 Å². The second-order valence-corrected chi connectivity index (χ2v) is 8.16. The van der Waals surface area contributed by atoms with Crippen LogP contribution in [0.25, 0.3) is 10.9 Å². The number of fused-ring (bicyclic) bond motifs is 1. The molecule has 0 amide bonds. The van der Waals surface area contributed by atoms with Crippen LogP contribution in [0, 0.1) is 5.92 Å². The number of hydrogen-bond acceptors (Lipinski definition) is 5. The summed E-state index contributed by atoms with van der Waals surface area (Å²) in [5.41, 5.74) is 2.94. The van der Waals surface area contributed by atoms with E-state index in [0.717, 1.165) is 0 Å². The van der Waals surface area contributed by atoms with Crippen LogP contribution in [0.2, 0.25) is 0 Å². The number of methoxy groups -OCH3 is 2. The molecule has 6 heteroatoms. The van der Waals surface area contributed by atoms with Crippen molar-refractivity contribution in [2.75, 3.05) is 14.2 Å². The molecule has 6 nitrogen and oxygen atoms in total. The Morgan fingerprint density at radius 3 is 2.13 bits per heavy atom. The van der Waals surface area contributed by atoms with E-state index in [-0.39, 0.29) is 11.6 Å². The van der Waals surface area contributed by atoms with Gasteiger partial charge in [-0.05, 0) is 29.0 Å². The molecular formula is C24H31N3O3. The lowest BCUT2D eigenvalue weighted by Gasteiger charge is -2.23. The Hall–Kier alpha value is -2.86. The molecule has 1 heterocycles. The molecule has 0 saturated carbocycles. The van der Waals surface area contributed by atoms with Crippen molar-refractivity contribution in [2.24, 2.45) is 5.92 Å². The van der Waals surface area contributed by atoms with Gasteiger partial charge in [0.2, 0.25) is 0 Å². The Labute approximate surface area is 177 Å². The Kier molecular flexibility index (Phi) is 6.77. The molecule has 3 aromatic rings. The summed E-state index contributed by atoms with van der Waals surface area (Å²) < 4.78 is 10.6. The summed E-state index contributed by atoms with van der Waals surface area (Å²) in [5.74, 6) is 2.53. The van der Waals surface area contributed by atoms with Crippen LogP contribution in [0.1, 0.15) is 56.6 Å². The first-order chi connectivity index (χ1) is 14.3. The third kappa shape index (κ3) is 4.65. The van der Waals surface area contributed by atoms with Gasteiger partial charge in [-0.1, -0.05) is 52.0 Å². The lowest BCUT2D eigenvalue weighted by molar-refractivity contribution is 0.355. The summed E-state index contributed by atoms with van der Waals surface area (Å²) in [6.07, 6.45) is 0. The number of hydrogen-bond donors (Lipinski definition) is 2. The van der Waals surface area contributed by atoms with Gasteiger partial charge in [0.15, 0.2) is 11.5 Å². The van der Waals surface area contributed by atoms with Crippen LogP contribution in [0.5, 0.6) is 11.5 Å². The second-order valence-electron chi connectivity index (χ2n) is 8.16. The van der Waals surface area contributed by atoms with Gasteiger partial charge in [-0.25, -0.2) is 4.98 Å². The average Bonchev–Trinajstić information content (AvgIpc) is 2.73. The normalized spacial score (nSPS) is 12.5. The largest absolute Gasteiger partial charge is 0.493 e. The van der Waals surface area contributed by atoms with Crippen molar-refractivity contribution in [1.29, 1.82) is 0 Å². The van der Waals surface area contributed by atoms with Gasteiger partial charge < -0.3 is 19.8 Å². The van der Waals surface area contributed by atoms with Crippen LogP contribution in [0.15, 0.2) is 41.2 Å². The van der Waals surface area contributed by atoms with E-state index in [4.69, 9.17) is 9.47 Å². The van der Waals surface area contributed by atoms with Crippen molar-refractivity contribution in [1.82, 2.24) is 15.3 Å². The third-order valence-corrected chi connectivity index (χ3v) is 5.38. The minimum Gasteiger partial charge on any atom is -0.493 e. The average molecular weight is 410 g/mol. The van der Waals surface area contributed by atoms with Gasteiger partial charge >= 0.3 is 0 Å². The zero-order valence-corrected chi connectivity index (χ0v) is 18.6. The van der Waals surface area contributed by atoms with Gasteiger partial charge in [-0.15, -0.1) is 0 Å². The fourth-order valence-electron chi connectivity index (χ4n) is 3.63. The highest BCUT2D eigenvalue weighted by molar-refractivity contribution is 5.81. The highest BCUT2D eigenvalue weighted by Gasteiger charge is 2.17. The van der Waals surface area contributed by atoms with Crippen molar-refractivity contribution in [3.05, 3.63) is 63.7 Å². The molecule has 0 fully saturated rings. The lowest BCUT2D eigenvalue weighted by Crippen LogP contribution is -2.27. The summed E-state index contributed by atoms with van der Waals surface area (Å²) in [7, 11) is 3.11. The van der Waals surface area contributed by atoms with Gasteiger partial charge in [0.1, 0.15) is 5.82 Å². The molecule has 0 bridgehead atoms. The second kappa shape index (κ2) is 9.30. The van der Waals surface area contributed by atoms with Gasteiger partial charge in [0.05, 0.1) is 31.7 Å². The smallest absolute Gasteiger partial charge is 0.258 e. The molecule has 0 aliphatic carbocycles. The fraction of sp³-hybridized carbons (Fsp3) is 0.417. The molecule has 30 heavy (non-hydrogen) atoms. The minimum absolute atomic E-state index is 0.151. The SMILES string of the molecule is COc1cc2nc(CN[C@H](c3ccc(C(C)C)cc3)C(C)C)[nH]c(=O)c2cc1OC. The topological polar surface area (TPSA) is 76.2 Å². The Bertz CT molecular complexity index is 1060. The van der Waals surface area contributed by atoms with Crippen molar-refractivity contribution < 1.29 is 9.47 Å². The zero-order chi connectivity index (χ0) is 21.8. The maximum Gasteiger partial charge on any atom is 0.258 e. The van der Waals surface area contributed by atoms with E-state index in [9.17, 15) is 4.79 Å². The van der Waals surface area contributed by atoms with E-state index in [1.54, 1.807) is 26.4 Å². The van der Waals surface area contributed by atoms with Crippen LogP contribution in [-0.2, 0) is 6.54 Å². The first kappa shape index (κ1) is 21.8. The predicted octanol–water partition coefficient (Wildman–Crippen LogP) is 4.55. The van der Waals surface area contributed by atoms with Crippen LogP contribution in [0.3, 0.4) is 0 Å². The van der Waals surface area contributed by atoms with Crippen LogP contribution in [-0.4, -0.2) is 24.2 Å². The molecule has 0 aliphatic rings. The van der Waals surface area contributed by atoms with Gasteiger partial charge in [-0.3, -0.25) is 4.79 Å². The first-order valence-corrected chi connectivity index (χ1v) is 10.3. The van der Waals surface area contributed by atoms with E-state index in [2.05, 4.69) is 67.2 Å². The Morgan fingerprint density at radius 2 is 1.57 bits per heavy atom. The van der Waals surface area contributed by atoms with Crippen LogP contribution < -0.4 is 20.3 Å². The number of H-pyrrole nitrogens is 1. The maximum absolute atomic E-state index is 12.6. The van der Waals surface area contributed by atoms with Crippen molar-refractivity contribution in [3.8, 4) is 11.5 Å². The number of nitrogens with zero attached hydrogens (tertiary/aromatic N) is 1. The van der Waals surface area contributed by atoms with Gasteiger partial charge in [-0.2, -0.15) is 0 Å². The van der Waals surface area contributed by atoms with E-state index < -0.39 is 0 Å². The summed E-state index contributed by atoms with van der Waals surface area (Å²) >= 11 is 0. The first-order valence-electron chi connectivity index (χ1n) is 10.3. The highest BCUT2D eigenvalue weighted by Crippen LogP contribution is 2.30. The third-order valence-electron chi connectivity index (χ3n) is 5.38. The van der Waals surface area contributed by atoms with Gasteiger partial charge in [0.25, 0.3) is 5.56 Å². The highest BCUT2D eigenvalue weighted by atomic mass is 16.5. The molecule has 0 saturated heterocycles. The molecule has 0 aliphatic heterocycles. The summed E-state index contributed by atoms with van der Waals surface area (Å²) in [4.78, 5) is 20.1. The molecule has 160 valence electrons. The molecular weight excluding hydrogens is 378 g/mol. The fourth-order valence-corrected chi connectivity index (χ4v) is 3.63. The summed E-state index contributed by atoms with van der Waals surface area (Å²) in [5, 5.41) is 4.03. The van der Waals surface area contributed by atoms with Gasteiger partial charge in [0, 0.05) is 12.1 Å². The summed E-state index contributed by atoms with van der Waals surface area (Å²) in [6, 6.07) is 12.3. The van der Waals surface area contributed by atoms with E-state index in [0.29, 0.717) is 46.6 Å². The van der Waals surface area contributed by atoms with Crippen LogP contribution in [0.4, 0.5) is 0 Å². The zero-order valence-electron chi connectivity index (χ0n) is 18.6.